The van der Waals surface area contributed by atoms with Crippen molar-refractivity contribution in [2.24, 2.45) is 4.99 Å². The topological polar surface area (TPSA) is 56.7 Å². The molecule has 1 saturated carbocycles. The number of carbonyl (C=O) groups is 1. The van der Waals surface area contributed by atoms with Gasteiger partial charge in [0.2, 0.25) is 5.91 Å². The first-order valence-electron chi connectivity index (χ1n) is 10.6. The maximum atomic E-state index is 12.7. The third-order valence-corrected chi connectivity index (χ3v) is 6.03. The Hall–Kier alpha value is -2.09. The summed E-state index contributed by atoms with van der Waals surface area (Å²) in [4.78, 5) is 19.2. The van der Waals surface area contributed by atoms with Gasteiger partial charge in [-0.1, -0.05) is 54.6 Å². The van der Waals surface area contributed by atoms with E-state index in [-0.39, 0.29) is 41.8 Å². The molecule has 0 radical (unpaired) electrons. The molecule has 5 nitrogen and oxygen atoms in total. The molecule has 2 N–H and O–H groups in total. The molecule has 0 aromatic heterocycles. The molecule has 2 aliphatic rings. The Morgan fingerprint density at radius 1 is 1.03 bits per heavy atom. The molecule has 30 heavy (non-hydrogen) atoms. The van der Waals surface area contributed by atoms with E-state index in [1.165, 1.54) is 29.5 Å². The first kappa shape index (κ1) is 22.6. The molecular formula is C24H31IN4O. The fraction of sp³-hybridized carbons (Fsp3) is 0.417. The van der Waals surface area contributed by atoms with Crippen LogP contribution in [0.3, 0.4) is 0 Å². The molecule has 1 aliphatic carbocycles. The number of hydrogen-bond donors (Lipinski definition) is 2. The van der Waals surface area contributed by atoms with E-state index in [0.29, 0.717) is 6.54 Å². The van der Waals surface area contributed by atoms with Gasteiger partial charge in [-0.25, -0.2) is 4.99 Å². The molecule has 2 aromatic rings. The average molecular weight is 518 g/mol. The smallest absolute Gasteiger partial charge is 0.244 e. The molecule has 0 bridgehead atoms. The molecule has 0 saturated heterocycles. The number of nitrogens with one attached hydrogen (secondary N) is 2. The highest BCUT2D eigenvalue weighted by Crippen LogP contribution is 2.47. The lowest BCUT2D eigenvalue weighted by molar-refractivity contribution is -0.130. The Morgan fingerprint density at radius 3 is 2.43 bits per heavy atom. The molecular weight excluding hydrogens is 487 g/mol. The Kier molecular flexibility index (Phi) is 7.75. The highest BCUT2D eigenvalue weighted by molar-refractivity contribution is 14.0. The van der Waals surface area contributed by atoms with Gasteiger partial charge in [-0.2, -0.15) is 0 Å². The molecule has 1 amide bonds. The molecule has 0 atom stereocenters. The van der Waals surface area contributed by atoms with E-state index < -0.39 is 0 Å². The van der Waals surface area contributed by atoms with Crippen LogP contribution in [0.1, 0.15) is 36.5 Å². The first-order chi connectivity index (χ1) is 14.2. The second-order valence-electron chi connectivity index (χ2n) is 8.03. The van der Waals surface area contributed by atoms with Gasteiger partial charge >= 0.3 is 0 Å². The lowest BCUT2D eigenvalue weighted by Gasteiger charge is -2.28. The van der Waals surface area contributed by atoms with Gasteiger partial charge in [-0.15, -0.1) is 24.0 Å². The summed E-state index contributed by atoms with van der Waals surface area (Å²) >= 11 is 0. The number of halogens is 1. The zero-order chi connectivity index (χ0) is 20.1. The van der Waals surface area contributed by atoms with Crippen molar-refractivity contribution < 1.29 is 4.79 Å². The predicted octanol–water partition coefficient (Wildman–Crippen LogP) is 3.48. The fourth-order valence-electron chi connectivity index (χ4n) is 4.06. The van der Waals surface area contributed by atoms with E-state index in [1.807, 2.05) is 17.9 Å². The molecule has 1 aliphatic heterocycles. The van der Waals surface area contributed by atoms with Crippen molar-refractivity contribution in [1.82, 2.24) is 15.5 Å². The van der Waals surface area contributed by atoms with E-state index >= 15 is 0 Å². The minimum Gasteiger partial charge on any atom is -0.357 e. The van der Waals surface area contributed by atoms with Crippen molar-refractivity contribution >= 4 is 35.8 Å². The van der Waals surface area contributed by atoms with Gasteiger partial charge in [0.05, 0.1) is 0 Å². The predicted molar refractivity (Wildman–Crippen MR) is 132 cm³/mol. The monoisotopic (exact) mass is 518 g/mol. The second kappa shape index (κ2) is 10.3. The number of benzene rings is 2. The number of carbonyl (C=O) groups excluding carboxylic acids is 1. The summed E-state index contributed by atoms with van der Waals surface area (Å²) in [5.41, 5.74) is 4.19. The Bertz CT molecular complexity index is 880. The quantitative estimate of drug-likeness (QED) is 0.350. The first-order valence-corrected chi connectivity index (χ1v) is 10.6. The van der Waals surface area contributed by atoms with Crippen molar-refractivity contribution in [3.63, 3.8) is 0 Å². The van der Waals surface area contributed by atoms with Crippen molar-refractivity contribution in [3.8, 4) is 0 Å². The standard InChI is InChI=1S/C24H30N4O.HI/c1-2-25-23(27-18-24(13-14-24)21-10-4-3-5-11-21)26-16-22(29)28-15-12-19-8-6-7-9-20(19)17-28;/h3-11H,2,12-18H2,1H3,(H2,25,26,27);1H. The second-order valence-corrected chi connectivity index (χ2v) is 8.03. The third-order valence-electron chi connectivity index (χ3n) is 6.03. The summed E-state index contributed by atoms with van der Waals surface area (Å²) in [7, 11) is 0. The molecule has 160 valence electrons. The van der Waals surface area contributed by atoms with Crippen molar-refractivity contribution in [1.29, 1.82) is 0 Å². The van der Waals surface area contributed by atoms with Crippen molar-refractivity contribution in [2.45, 2.75) is 38.1 Å². The number of aliphatic imine (C=N–C) groups is 1. The maximum absolute atomic E-state index is 12.7. The lowest BCUT2D eigenvalue weighted by Crippen LogP contribution is -2.42. The van der Waals surface area contributed by atoms with Gasteiger partial charge in [0, 0.05) is 31.6 Å². The van der Waals surface area contributed by atoms with Crippen LogP contribution in [0.15, 0.2) is 59.6 Å². The molecule has 6 heteroatoms. The third kappa shape index (κ3) is 5.33. The minimum absolute atomic E-state index is 0. The minimum atomic E-state index is 0. The van der Waals surface area contributed by atoms with Gasteiger partial charge < -0.3 is 15.5 Å². The Labute approximate surface area is 196 Å². The molecule has 1 heterocycles. The van der Waals surface area contributed by atoms with Crippen LogP contribution < -0.4 is 10.6 Å². The molecule has 4 rings (SSSR count). The largest absolute Gasteiger partial charge is 0.357 e. The van der Waals surface area contributed by atoms with Crippen molar-refractivity contribution in [2.75, 3.05) is 26.2 Å². The molecule has 0 spiro atoms. The van der Waals surface area contributed by atoms with E-state index in [1.54, 1.807) is 0 Å². The number of fused-ring (bicyclic) bond motifs is 1. The SMILES string of the molecule is CCNC(=NCC(=O)N1CCc2ccccc2C1)NCC1(c2ccccc2)CC1.I. The highest BCUT2D eigenvalue weighted by atomic mass is 127. The van der Waals surface area contributed by atoms with E-state index in [2.05, 4.69) is 64.2 Å². The van der Waals surface area contributed by atoms with Crippen LogP contribution in [0, 0.1) is 0 Å². The summed E-state index contributed by atoms with van der Waals surface area (Å²) in [6.45, 7) is 5.29. The zero-order valence-electron chi connectivity index (χ0n) is 17.6. The van der Waals surface area contributed by atoms with Gasteiger partial charge in [0.1, 0.15) is 6.54 Å². The van der Waals surface area contributed by atoms with E-state index in [0.717, 1.165) is 32.0 Å². The van der Waals surface area contributed by atoms with Crippen LogP contribution in [0.5, 0.6) is 0 Å². The number of guanidine groups is 1. The summed E-state index contributed by atoms with van der Waals surface area (Å²) in [5.74, 6) is 0.807. The van der Waals surface area contributed by atoms with Crippen molar-refractivity contribution in [3.05, 3.63) is 71.3 Å². The zero-order valence-corrected chi connectivity index (χ0v) is 19.9. The number of nitrogens with zero attached hydrogens (tertiary/aromatic N) is 2. The Morgan fingerprint density at radius 2 is 1.73 bits per heavy atom. The summed E-state index contributed by atoms with van der Waals surface area (Å²) in [6.07, 6.45) is 3.30. The fourth-order valence-corrected chi connectivity index (χ4v) is 4.06. The van der Waals surface area contributed by atoms with Crippen LogP contribution in [-0.2, 0) is 23.2 Å². The van der Waals surface area contributed by atoms with E-state index in [4.69, 9.17) is 0 Å². The van der Waals surface area contributed by atoms with Crippen LogP contribution in [0.2, 0.25) is 0 Å². The van der Waals surface area contributed by atoms with Crippen LogP contribution in [0.25, 0.3) is 0 Å². The lowest BCUT2D eigenvalue weighted by atomic mass is 9.96. The van der Waals surface area contributed by atoms with Gasteiger partial charge in [0.25, 0.3) is 0 Å². The van der Waals surface area contributed by atoms with E-state index in [9.17, 15) is 4.79 Å². The molecule has 0 unspecified atom stereocenters. The van der Waals surface area contributed by atoms with Gasteiger partial charge in [-0.05, 0) is 42.9 Å². The normalized spacial score (nSPS) is 16.8. The summed E-state index contributed by atoms with van der Waals surface area (Å²) < 4.78 is 0. The maximum Gasteiger partial charge on any atom is 0.244 e. The van der Waals surface area contributed by atoms with Gasteiger partial charge in [0.15, 0.2) is 5.96 Å². The van der Waals surface area contributed by atoms with Crippen LogP contribution >= 0.6 is 24.0 Å². The molecule has 1 fully saturated rings. The average Bonchev–Trinajstić information content (AvgIpc) is 3.57. The number of amides is 1. The highest BCUT2D eigenvalue weighted by Gasteiger charge is 2.44. The summed E-state index contributed by atoms with van der Waals surface area (Å²) in [5, 5.41) is 6.74. The number of hydrogen-bond acceptors (Lipinski definition) is 2. The van der Waals surface area contributed by atoms with Gasteiger partial charge in [-0.3, -0.25) is 4.79 Å². The van der Waals surface area contributed by atoms with Crippen LogP contribution in [0.4, 0.5) is 0 Å². The summed E-state index contributed by atoms with van der Waals surface area (Å²) in [6, 6.07) is 19.0. The Balaban J connectivity index is 0.00000256. The number of rotatable bonds is 6. The van der Waals surface area contributed by atoms with Crippen LogP contribution in [-0.4, -0.2) is 42.9 Å². The molecule has 2 aromatic carbocycles.